The molecule has 0 aliphatic rings. The normalized spacial score (nSPS) is 12.0. The Morgan fingerprint density at radius 2 is 2.08 bits per heavy atom. The first-order valence-electron chi connectivity index (χ1n) is 4.17. The summed E-state index contributed by atoms with van der Waals surface area (Å²) in [4.78, 5) is 4.09. The number of hydrogen-bond acceptors (Lipinski definition) is 2. The molecule has 0 saturated heterocycles. The van der Waals surface area contributed by atoms with Crippen LogP contribution < -0.4 is 0 Å². The molecule has 13 heavy (non-hydrogen) atoms. The zero-order valence-corrected chi connectivity index (χ0v) is 7.31. The maximum absolute atomic E-state index is 8.36. The monoisotopic (exact) mass is 176 g/mol. The lowest BCUT2D eigenvalue weighted by Gasteiger charge is -2.05. The second-order valence-corrected chi connectivity index (χ2v) is 2.78. The topological polar surface area (TPSA) is 29.5 Å². The number of aryl methyl sites for hydroxylation is 1. The first-order chi connectivity index (χ1) is 6.36. The molecule has 68 valence electrons. The van der Waals surface area contributed by atoms with Gasteiger partial charge < -0.3 is 0 Å². The van der Waals surface area contributed by atoms with Crippen molar-refractivity contribution in [3.63, 3.8) is 0 Å². The van der Waals surface area contributed by atoms with Gasteiger partial charge >= 0.3 is 0 Å². The lowest BCUT2D eigenvalue weighted by atomic mass is 10.1. The molecule has 0 radical (unpaired) electrons. The molecular formula is C11H12O2. The van der Waals surface area contributed by atoms with Crippen molar-refractivity contribution in [3.8, 4) is 12.3 Å². The minimum atomic E-state index is -0.500. The minimum Gasteiger partial charge on any atom is -0.251 e. The van der Waals surface area contributed by atoms with Crippen molar-refractivity contribution < 1.29 is 10.1 Å². The number of hydrogen-bond donors (Lipinski definition) is 1. The highest BCUT2D eigenvalue weighted by atomic mass is 17.1. The van der Waals surface area contributed by atoms with Gasteiger partial charge in [-0.05, 0) is 18.4 Å². The standard InChI is InChI=1S/C11H12O2/c1-2-11(13-12)9-8-10-6-4-3-5-7-10/h1,3-7,11-12H,8-9H2. The molecule has 0 spiro atoms. The minimum absolute atomic E-state index is 0.500. The zero-order valence-electron chi connectivity index (χ0n) is 7.31. The van der Waals surface area contributed by atoms with E-state index in [1.165, 1.54) is 5.56 Å². The summed E-state index contributed by atoms with van der Waals surface area (Å²) < 4.78 is 0. The second-order valence-electron chi connectivity index (χ2n) is 2.78. The van der Waals surface area contributed by atoms with E-state index >= 15 is 0 Å². The van der Waals surface area contributed by atoms with Crippen molar-refractivity contribution in [1.82, 2.24) is 0 Å². The van der Waals surface area contributed by atoms with Crippen molar-refractivity contribution in [2.45, 2.75) is 18.9 Å². The van der Waals surface area contributed by atoms with E-state index in [9.17, 15) is 0 Å². The van der Waals surface area contributed by atoms with Crippen molar-refractivity contribution in [2.24, 2.45) is 0 Å². The Balaban J connectivity index is 2.40. The molecule has 0 aromatic heterocycles. The summed E-state index contributed by atoms with van der Waals surface area (Å²) in [5.74, 6) is 2.35. The van der Waals surface area contributed by atoms with E-state index in [-0.39, 0.29) is 0 Å². The van der Waals surface area contributed by atoms with E-state index in [1.807, 2.05) is 30.3 Å². The number of terminal acetylenes is 1. The second kappa shape index (κ2) is 5.36. The zero-order chi connectivity index (χ0) is 9.52. The van der Waals surface area contributed by atoms with E-state index in [4.69, 9.17) is 11.7 Å². The molecule has 1 unspecified atom stereocenters. The third-order valence-corrected chi connectivity index (χ3v) is 1.85. The Labute approximate surface area is 78.1 Å². The van der Waals surface area contributed by atoms with Crippen LogP contribution in [0, 0.1) is 12.3 Å². The summed E-state index contributed by atoms with van der Waals surface area (Å²) in [5.41, 5.74) is 1.19. The molecule has 1 atom stereocenters. The highest BCUT2D eigenvalue weighted by Crippen LogP contribution is 2.05. The van der Waals surface area contributed by atoms with Crippen LogP contribution >= 0.6 is 0 Å². The van der Waals surface area contributed by atoms with Crippen LogP contribution in [0.25, 0.3) is 0 Å². The molecular weight excluding hydrogens is 164 g/mol. The van der Waals surface area contributed by atoms with Gasteiger partial charge in [-0.1, -0.05) is 36.3 Å². The molecule has 0 fully saturated rings. The van der Waals surface area contributed by atoms with Gasteiger partial charge in [0.2, 0.25) is 0 Å². The van der Waals surface area contributed by atoms with E-state index in [2.05, 4.69) is 10.8 Å². The maximum atomic E-state index is 8.36. The average molecular weight is 176 g/mol. The molecule has 0 aliphatic carbocycles. The molecule has 0 heterocycles. The van der Waals surface area contributed by atoms with Crippen LogP contribution in [0.3, 0.4) is 0 Å². The van der Waals surface area contributed by atoms with Crippen LogP contribution in [0.15, 0.2) is 30.3 Å². The largest absolute Gasteiger partial charge is 0.251 e. The SMILES string of the molecule is C#CC(CCc1ccccc1)OO. The molecule has 1 N–H and O–H groups in total. The van der Waals surface area contributed by atoms with Gasteiger partial charge in [0.05, 0.1) is 0 Å². The van der Waals surface area contributed by atoms with Crippen LogP contribution in [0.4, 0.5) is 0 Å². The van der Waals surface area contributed by atoms with E-state index in [0.717, 1.165) is 6.42 Å². The first-order valence-corrected chi connectivity index (χ1v) is 4.17. The fourth-order valence-electron chi connectivity index (χ4n) is 1.11. The third-order valence-electron chi connectivity index (χ3n) is 1.85. The van der Waals surface area contributed by atoms with Crippen molar-refractivity contribution in [3.05, 3.63) is 35.9 Å². The van der Waals surface area contributed by atoms with Crippen LogP contribution in [-0.2, 0) is 11.3 Å². The lowest BCUT2D eigenvalue weighted by molar-refractivity contribution is -0.264. The average Bonchev–Trinajstić information content (AvgIpc) is 2.21. The summed E-state index contributed by atoms with van der Waals surface area (Å²) in [5, 5.41) is 8.36. The summed E-state index contributed by atoms with van der Waals surface area (Å²) in [6, 6.07) is 9.95. The van der Waals surface area contributed by atoms with Gasteiger partial charge in [-0.15, -0.1) is 6.42 Å². The van der Waals surface area contributed by atoms with Gasteiger partial charge in [-0.3, -0.25) is 5.26 Å². The fraction of sp³-hybridized carbons (Fsp3) is 0.273. The van der Waals surface area contributed by atoms with Crippen LogP contribution in [-0.4, -0.2) is 11.4 Å². The Bertz CT molecular complexity index is 274. The fourth-order valence-corrected chi connectivity index (χ4v) is 1.11. The van der Waals surface area contributed by atoms with Crippen molar-refractivity contribution >= 4 is 0 Å². The smallest absolute Gasteiger partial charge is 0.153 e. The summed E-state index contributed by atoms with van der Waals surface area (Å²) in [6.07, 6.45) is 6.06. The van der Waals surface area contributed by atoms with Gasteiger partial charge in [-0.2, -0.15) is 0 Å². The van der Waals surface area contributed by atoms with Crippen molar-refractivity contribution in [2.75, 3.05) is 0 Å². The van der Waals surface area contributed by atoms with Crippen LogP contribution in [0.5, 0.6) is 0 Å². The highest BCUT2D eigenvalue weighted by Gasteiger charge is 2.03. The molecule has 1 rings (SSSR count). The van der Waals surface area contributed by atoms with Crippen LogP contribution in [0.2, 0.25) is 0 Å². The van der Waals surface area contributed by atoms with Crippen molar-refractivity contribution in [1.29, 1.82) is 0 Å². The first kappa shape index (κ1) is 9.79. The third kappa shape index (κ3) is 3.29. The van der Waals surface area contributed by atoms with E-state index in [0.29, 0.717) is 6.42 Å². The molecule has 2 heteroatoms. The van der Waals surface area contributed by atoms with Gasteiger partial charge in [0.25, 0.3) is 0 Å². The molecule has 0 aliphatic heterocycles. The maximum Gasteiger partial charge on any atom is 0.153 e. The molecule has 0 saturated carbocycles. The number of rotatable bonds is 4. The molecule has 1 aromatic rings. The predicted molar refractivity (Wildman–Crippen MR) is 51.1 cm³/mol. The van der Waals surface area contributed by atoms with E-state index in [1.54, 1.807) is 0 Å². The Morgan fingerprint density at radius 1 is 1.38 bits per heavy atom. The van der Waals surface area contributed by atoms with Gasteiger partial charge in [0, 0.05) is 0 Å². The Hall–Kier alpha value is -1.30. The van der Waals surface area contributed by atoms with Gasteiger partial charge in [0.15, 0.2) is 6.10 Å². The lowest BCUT2D eigenvalue weighted by Crippen LogP contribution is -2.08. The molecule has 2 nitrogen and oxygen atoms in total. The van der Waals surface area contributed by atoms with Gasteiger partial charge in [0.1, 0.15) is 0 Å². The van der Waals surface area contributed by atoms with E-state index < -0.39 is 6.10 Å². The van der Waals surface area contributed by atoms with Crippen LogP contribution in [0.1, 0.15) is 12.0 Å². The van der Waals surface area contributed by atoms with Gasteiger partial charge in [-0.25, -0.2) is 4.89 Å². The summed E-state index contributed by atoms with van der Waals surface area (Å²) in [7, 11) is 0. The highest BCUT2D eigenvalue weighted by molar-refractivity contribution is 5.15. The quantitative estimate of drug-likeness (QED) is 0.432. The molecule has 0 bridgehead atoms. The Kier molecular flexibility index (Phi) is 4.04. The Morgan fingerprint density at radius 3 is 2.62 bits per heavy atom. The summed E-state index contributed by atoms with van der Waals surface area (Å²) in [6.45, 7) is 0. The summed E-state index contributed by atoms with van der Waals surface area (Å²) >= 11 is 0. The molecule has 0 amide bonds. The molecule has 1 aromatic carbocycles. The predicted octanol–water partition coefficient (Wildman–Crippen LogP) is 2.11. The number of benzene rings is 1.